The molecule has 1 saturated carbocycles. The minimum atomic E-state index is -4.29. The highest BCUT2D eigenvalue weighted by atomic mass is 35.5. The van der Waals surface area contributed by atoms with Crippen LogP contribution in [0.25, 0.3) is 0 Å². The van der Waals surface area contributed by atoms with E-state index in [0.717, 1.165) is 18.6 Å². The van der Waals surface area contributed by atoms with E-state index >= 15 is 4.39 Å². The molecule has 12 heteroatoms. The Kier molecular flexibility index (Phi) is 9.04. The summed E-state index contributed by atoms with van der Waals surface area (Å²) in [4.78, 5) is 21.4. The second kappa shape index (κ2) is 12.3. The van der Waals surface area contributed by atoms with Crippen LogP contribution in [-0.4, -0.2) is 61.9 Å². The zero-order valence-electron chi connectivity index (χ0n) is 22.0. The summed E-state index contributed by atoms with van der Waals surface area (Å²) in [7, 11) is -0.639. The standard InChI is InChI=1S/C27H32ClFN6O3S/c1-17-5-4-6-18(11-17)19-7-8-22(24(12-19)33-27(36)15-35(2)3)32-23-14-21(29)25(13-20(23)28)39(37,38)34-26-9-10-30-16-31-26/h4-6,9-11,13-14,16,19,22,24,32H,7-8,12,15H2,1-3H3,(H,33,36)(H,30,31,34)/t19-,22-,24-/m0/s1. The number of carbonyl (C=O) groups is 1. The number of amides is 1. The SMILES string of the molecule is Cc1cccc([C@H]2CC[C@H](Nc3cc(F)c(S(=O)(=O)Nc4ccncn4)cc3Cl)[C@@H](NC(=O)CN(C)C)C2)c1. The van der Waals surface area contributed by atoms with E-state index in [-0.39, 0.29) is 47.0 Å². The Hall–Kier alpha value is -3.28. The maximum atomic E-state index is 15.1. The maximum absolute atomic E-state index is 15.1. The van der Waals surface area contributed by atoms with Gasteiger partial charge in [0.15, 0.2) is 0 Å². The van der Waals surface area contributed by atoms with E-state index < -0.39 is 20.7 Å². The first kappa shape index (κ1) is 28.7. The molecule has 0 radical (unpaired) electrons. The number of benzene rings is 2. The molecule has 39 heavy (non-hydrogen) atoms. The van der Waals surface area contributed by atoms with Gasteiger partial charge in [0.2, 0.25) is 5.91 Å². The van der Waals surface area contributed by atoms with Crippen molar-refractivity contribution in [2.24, 2.45) is 0 Å². The molecular formula is C27H32ClFN6O3S. The van der Waals surface area contributed by atoms with Gasteiger partial charge >= 0.3 is 0 Å². The average molecular weight is 575 g/mol. The predicted molar refractivity (Wildman–Crippen MR) is 150 cm³/mol. The van der Waals surface area contributed by atoms with Crippen molar-refractivity contribution in [1.29, 1.82) is 0 Å². The molecule has 0 saturated heterocycles. The van der Waals surface area contributed by atoms with E-state index in [2.05, 4.69) is 50.4 Å². The molecule has 0 bridgehead atoms. The van der Waals surface area contributed by atoms with Gasteiger partial charge in [0.05, 0.1) is 17.3 Å². The highest BCUT2D eigenvalue weighted by molar-refractivity contribution is 7.92. The van der Waals surface area contributed by atoms with Crippen LogP contribution in [0.2, 0.25) is 5.02 Å². The molecule has 4 rings (SSSR count). The number of sulfonamides is 1. The molecule has 1 heterocycles. The molecule has 1 aromatic heterocycles. The Balaban J connectivity index is 1.55. The van der Waals surface area contributed by atoms with Gasteiger partial charge in [-0.25, -0.2) is 22.8 Å². The van der Waals surface area contributed by atoms with Gasteiger partial charge in [0.25, 0.3) is 10.0 Å². The lowest BCUT2D eigenvalue weighted by molar-refractivity contribution is -0.122. The number of aryl methyl sites for hydroxylation is 1. The van der Waals surface area contributed by atoms with Gasteiger partial charge in [-0.3, -0.25) is 9.52 Å². The Morgan fingerprint density at radius 2 is 1.95 bits per heavy atom. The van der Waals surface area contributed by atoms with Crippen LogP contribution in [0, 0.1) is 12.7 Å². The minimum Gasteiger partial charge on any atom is -0.379 e. The van der Waals surface area contributed by atoms with Crippen molar-refractivity contribution in [2.45, 2.75) is 49.1 Å². The van der Waals surface area contributed by atoms with Crippen molar-refractivity contribution in [3.63, 3.8) is 0 Å². The van der Waals surface area contributed by atoms with Gasteiger partial charge < -0.3 is 15.5 Å². The zero-order chi connectivity index (χ0) is 28.2. The van der Waals surface area contributed by atoms with Crippen molar-refractivity contribution in [1.82, 2.24) is 20.2 Å². The van der Waals surface area contributed by atoms with E-state index in [9.17, 15) is 13.2 Å². The molecule has 2 aromatic carbocycles. The van der Waals surface area contributed by atoms with Crippen molar-refractivity contribution < 1.29 is 17.6 Å². The number of aromatic nitrogens is 2. The van der Waals surface area contributed by atoms with Crippen LogP contribution in [0.1, 0.15) is 36.3 Å². The molecule has 3 N–H and O–H groups in total. The van der Waals surface area contributed by atoms with Crippen molar-refractivity contribution >= 4 is 39.0 Å². The highest BCUT2D eigenvalue weighted by Gasteiger charge is 2.33. The molecule has 1 fully saturated rings. The van der Waals surface area contributed by atoms with Crippen LogP contribution >= 0.6 is 11.6 Å². The molecule has 0 aliphatic heterocycles. The van der Waals surface area contributed by atoms with Gasteiger partial charge in [-0.1, -0.05) is 41.4 Å². The molecule has 9 nitrogen and oxygen atoms in total. The first-order chi connectivity index (χ1) is 18.5. The summed E-state index contributed by atoms with van der Waals surface area (Å²) in [6.45, 7) is 2.29. The molecule has 1 aliphatic rings. The Morgan fingerprint density at radius 1 is 1.15 bits per heavy atom. The lowest BCUT2D eigenvalue weighted by Crippen LogP contribution is -2.51. The molecule has 3 atom stereocenters. The molecule has 1 amide bonds. The van der Waals surface area contributed by atoms with E-state index in [1.807, 2.05) is 20.2 Å². The number of hydrogen-bond acceptors (Lipinski definition) is 7. The summed E-state index contributed by atoms with van der Waals surface area (Å²) in [5.41, 5.74) is 2.64. The summed E-state index contributed by atoms with van der Waals surface area (Å²) < 4.78 is 42.9. The zero-order valence-corrected chi connectivity index (χ0v) is 23.6. The Labute approximate surface area is 233 Å². The minimum absolute atomic E-state index is 0.00408. The summed E-state index contributed by atoms with van der Waals surface area (Å²) in [5.74, 6) is -0.828. The highest BCUT2D eigenvalue weighted by Crippen LogP contribution is 2.36. The van der Waals surface area contributed by atoms with E-state index in [1.165, 1.54) is 29.7 Å². The number of halogens is 2. The Bertz CT molecular complexity index is 1420. The fourth-order valence-corrected chi connectivity index (χ4v) is 6.24. The van der Waals surface area contributed by atoms with Gasteiger partial charge in [-0.05, 0) is 70.0 Å². The Morgan fingerprint density at radius 3 is 2.64 bits per heavy atom. The van der Waals surface area contributed by atoms with Gasteiger partial charge in [-0.15, -0.1) is 0 Å². The number of nitrogens with one attached hydrogen (secondary N) is 3. The molecular weight excluding hydrogens is 543 g/mol. The monoisotopic (exact) mass is 574 g/mol. The summed E-state index contributed by atoms with van der Waals surface area (Å²) >= 11 is 6.45. The molecule has 0 spiro atoms. The van der Waals surface area contributed by atoms with Crippen LogP contribution in [-0.2, 0) is 14.8 Å². The molecule has 1 aliphatic carbocycles. The second-order valence-electron chi connectivity index (χ2n) is 10.0. The number of hydrogen-bond donors (Lipinski definition) is 3. The largest absolute Gasteiger partial charge is 0.379 e. The van der Waals surface area contributed by atoms with Gasteiger partial charge in [-0.2, -0.15) is 0 Å². The van der Waals surface area contributed by atoms with Crippen LogP contribution in [0.15, 0.2) is 59.9 Å². The van der Waals surface area contributed by atoms with Crippen LogP contribution in [0.5, 0.6) is 0 Å². The van der Waals surface area contributed by atoms with Crippen LogP contribution in [0.3, 0.4) is 0 Å². The van der Waals surface area contributed by atoms with Crippen molar-refractivity contribution in [3.8, 4) is 0 Å². The van der Waals surface area contributed by atoms with Crippen LogP contribution in [0.4, 0.5) is 15.9 Å². The number of likely N-dealkylation sites (N-methyl/N-ethyl adjacent to an activating group) is 1. The van der Waals surface area contributed by atoms with Crippen LogP contribution < -0.4 is 15.4 Å². The summed E-state index contributed by atoms with van der Waals surface area (Å²) in [6, 6.07) is 11.4. The normalized spacial score (nSPS) is 19.5. The van der Waals surface area contributed by atoms with E-state index in [1.54, 1.807) is 4.90 Å². The molecule has 0 unspecified atom stereocenters. The second-order valence-corrected chi connectivity index (χ2v) is 12.1. The predicted octanol–water partition coefficient (Wildman–Crippen LogP) is 4.17. The van der Waals surface area contributed by atoms with Crippen molar-refractivity contribution in [3.05, 3.63) is 77.0 Å². The maximum Gasteiger partial charge on any atom is 0.266 e. The van der Waals surface area contributed by atoms with E-state index in [4.69, 9.17) is 11.6 Å². The third-order valence-corrected chi connectivity index (χ3v) is 8.33. The quantitative estimate of drug-likeness (QED) is 0.351. The topological polar surface area (TPSA) is 116 Å². The van der Waals surface area contributed by atoms with Gasteiger partial charge in [0, 0.05) is 18.3 Å². The fraction of sp³-hybridized carbons (Fsp3) is 0.370. The lowest BCUT2D eigenvalue weighted by Gasteiger charge is -2.38. The number of carbonyl (C=O) groups excluding carboxylic acids is 1. The number of rotatable bonds is 9. The average Bonchev–Trinajstić information content (AvgIpc) is 2.86. The third kappa shape index (κ3) is 7.43. The third-order valence-electron chi connectivity index (χ3n) is 6.64. The van der Waals surface area contributed by atoms with Gasteiger partial charge in [0.1, 0.15) is 22.9 Å². The first-order valence-corrected chi connectivity index (χ1v) is 14.4. The number of anilines is 2. The molecule has 3 aromatic rings. The first-order valence-electron chi connectivity index (χ1n) is 12.6. The smallest absolute Gasteiger partial charge is 0.266 e. The van der Waals surface area contributed by atoms with E-state index in [0.29, 0.717) is 12.8 Å². The lowest BCUT2D eigenvalue weighted by atomic mass is 9.78. The number of nitrogens with zero attached hydrogens (tertiary/aromatic N) is 3. The molecule has 208 valence electrons. The fourth-order valence-electron chi connectivity index (χ4n) is 4.86. The summed E-state index contributed by atoms with van der Waals surface area (Å²) in [6.07, 6.45) is 4.78. The summed E-state index contributed by atoms with van der Waals surface area (Å²) in [5, 5.41) is 6.45. The van der Waals surface area contributed by atoms with Crippen molar-refractivity contribution in [2.75, 3.05) is 30.7 Å².